The van der Waals surface area contributed by atoms with Crippen LogP contribution >= 0.6 is 35.4 Å². The van der Waals surface area contributed by atoms with Crippen molar-refractivity contribution in [2.24, 2.45) is 0 Å². The Hall–Kier alpha value is -2.40. The number of hydrogen-bond donors (Lipinski definition) is 2. The number of fused-ring (bicyclic) bond motifs is 1. The van der Waals surface area contributed by atoms with Gasteiger partial charge >= 0.3 is 0 Å². The lowest BCUT2D eigenvalue weighted by Crippen LogP contribution is -2.32. The first kappa shape index (κ1) is 18.4. The van der Waals surface area contributed by atoms with Crippen molar-refractivity contribution in [1.29, 1.82) is 0 Å². The van der Waals surface area contributed by atoms with Gasteiger partial charge in [-0.1, -0.05) is 65.7 Å². The summed E-state index contributed by atoms with van der Waals surface area (Å²) in [5.74, 6) is -0.333. The summed E-state index contributed by atoms with van der Waals surface area (Å²) in [4.78, 5) is 12.1. The molecule has 0 bridgehead atoms. The molecular weight excluding hydrogens is 387 g/mol. The zero-order chi connectivity index (χ0) is 18.5. The van der Waals surface area contributed by atoms with E-state index in [0.29, 0.717) is 15.7 Å². The van der Waals surface area contributed by atoms with Crippen LogP contribution in [0.5, 0.6) is 0 Å². The van der Waals surface area contributed by atoms with Gasteiger partial charge in [-0.15, -0.1) is 0 Å². The highest BCUT2D eigenvalue weighted by atomic mass is 35.5. The molecule has 0 unspecified atom stereocenters. The Balaban J connectivity index is 1.66. The molecule has 0 saturated heterocycles. The van der Waals surface area contributed by atoms with Gasteiger partial charge in [-0.3, -0.25) is 10.1 Å². The van der Waals surface area contributed by atoms with Gasteiger partial charge in [-0.05, 0) is 52.8 Å². The van der Waals surface area contributed by atoms with Crippen LogP contribution in [0.25, 0.3) is 16.8 Å². The van der Waals surface area contributed by atoms with Crippen LogP contribution in [0.4, 0.5) is 5.69 Å². The molecule has 3 nitrogen and oxygen atoms in total. The van der Waals surface area contributed by atoms with Crippen molar-refractivity contribution in [2.45, 2.75) is 0 Å². The molecule has 3 aromatic rings. The summed E-state index contributed by atoms with van der Waals surface area (Å²) in [5.41, 5.74) is 1.53. The highest BCUT2D eigenvalue weighted by molar-refractivity contribution is 7.80. The Labute approximate surface area is 166 Å². The smallest absolute Gasteiger partial charge is 0.250 e. The van der Waals surface area contributed by atoms with Crippen molar-refractivity contribution in [1.82, 2.24) is 5.32 Å². The Morgan fingerprint density at radius 3 is 2.58 bits per heavy atom. The molecule has 2 N–H and O–H groups in total. The number of halogens is 2. The molecule has 0 spiro atoms. The number of amides is 1. The summed E-state index contributed by atoms with van der Waals surface area (Å²) in [6.45, 7) is 0. The predicted molar refractivity (Wildman–Crippen MR) is 114 cm³/mol. The maximum absolute atomic E-state index is 12.1. The zero-order valence-electron chi connectivity index (χ0n) is 13.5. The number of hydrogen-bond acceptors (Lipinski definition) is 2. The molecule has 0 aromatic heterocycles. The van der Waals surface area contributed by atoms with Crippen LogP contribution in [0.2, 0.25) is 10.0 Å². The number of nitrogens with one attached hydrogen (secondary N) is 2. The van der Waals surface area contributed by atoms with E-state index in [1.807, 2.05) is 42.5 Å². The minimum atomic E-state index is -0.333. The quantitative estimate of drug-likeness (QED) is 0.439. The number of carbonyl (C=O) groups is 1. The van der Waals surface area contributed by atoms with Gasteiger partial charge in [-0.2, -0.15) is 0 Å². The van der Waals surface area contributed by atoms with Crippen LogP contribution in [-0.4, -0.2) is 11.0 Å². The van der Waals surface area contributed by atoms with Crippen molar-refractivity contribution in [3.8, 4) is 0 Å². The van der Waals surface area contributed by atoms with Crippen molar-refractivity contribution >= 4 is 69.0 Å². The third-order valence-electron chi connectivity index (χ3n) is 3.65. The standard InChI is InChI=1S/C20H14Cl2N2OS/c21-15-9-10-18(17(22)12-15)23-20(26)24-19(25)11-8-14-6-3-5-13-4-1-2-7-16(13)14/h1-12H,(H2,23,24,25,26)/b11-8+. The maximum Gasteiger partial charge on any atom is 0.250 e. The van der Waals surface area contributed by atoms with Crippen LogP contribution < -0.4 is 10.6 Å². The highest BCUT2D eigenvalue weighted by Crippen LogP contribution is 2.25. The number of benzene rings is 3. The molecule has 3 rings (SSSR count). The van der Waals surface area contributed by atoms with Crippen LogP contribution in [0.1, 0.15) is 5.56 Å². The van der Waals surface area contributed by atoms with E-state index in [4.69, 9.17) is 35.4 Å². The fourth-order valence-corrected chi connectivity index (χ4v) is 3.13. The summed E-state index contributed by atoms with van der Waals surface area (Å²) >= 11 is 17.1. The number of rotatable bonds is 3. The average Bonchev–Trinajstić information content (AvgIpc) is 2.62. The monoisotopic (exact) mass is 400 g/mol. The molecule has 0 heterocycles. The van der Waals surface area contributed by atoms with E-state index in [2.05, 4.69) is 10.6 Å². The highest BCUT2D eigenvalue weighted by Gasteiger charge is 2.06. The molecule has 0 aliphatic heterocycles. The zero-order valence-corrected chi connectivity index (χ0v) is 15.8. The third kappa shape index (κ3) is 4.61. The van der Waals surface area contributed by atoms with Crippen LogP contribution in [0.3, 0.4) is 0 Å². The molecule has 3 aromatic carbocycles. The van der Waals surface area contributed by atoms with Crippen LogP contribution in [0.15, 0.2) is 66.7 Å². The predicted octanol–water partition coefficient (Wildman–Crippen LogP) is 5.67. The van der Waals surface area contributed by atoms with Crippen LogP contribution in [0, 0.1) is 0 Å². The molecule has 1 amide bonds. The normalized spacial score (nSPS) is 10.8. The first-order valence-corrected chi connectivity index (χ1v) is 8.92. The van der Waals surface area contributed by atoms with E-state index in [-0.39, 0.29) is 11.0 Å². The molecule has 0 fully saturated rings. The van der Waals surface area contributed by atoms with Crippen molar-refractivity contribution in [3.63, 3.8) is 0 Å². The first-order chi connectivity index (χ1) is 12.5. The Morgan fingerprint density at radius 2 is 1.77 bits per heavy atom. The Morgan fingerprint density at radius 1 is 1.00 bits per heavy atom. The van der Waals surface area contributed by atoms with Gasteiger partial charge in [-0.25, -0.2) is 0 Å². The van der Waals surface area contributed by atoms with Gasteiger partial charge in [0.2, 0.25) is 5.91 Å². The largest absolute Gasteiger partial charge is 0.331 e. The molecule has 0 saturated carbocycles. The third-order valence-corrected chi connectivity index (χ3v) is 4.41. The Kier molecular flexibility index (Phi) is 5.89. The SMILES string of the molecule is O=C(/C=C/c1cccc2ccccc12)NC(=S)Nc1ccc(Cl)cc1Cl. The van der Waals surface area contributed by atoms with E-state index < -0.39 is 0 Å². The van der Waals surface area contributed by atoms with Gasteiger partial charge < -0.3 is 5.32 Å². The summed E-state index contributed by atoms with van der Waals surface area (Å²) < 4.78 is 0. The van der Waals surface area contributed by atoms with Gasteiger partial charge in [0.15, 0.2) is 5.11 Å². The van der Waals surface area contributed by atoms with Gasteiger partial charge in [0, 0.05) is 11.1 Å². The maximum atomic E-state index is 12.1. The van der Waals surface area contributed by atoms with E-state index in [0.717, 1.165) is 16.3 Å². The molecule has 6 heteroatoms. The van der Waals surface area contributed by atoms with Crippen molar-refractivity contribution in [3.05, 3.63) is 82.3 Å². The fourth-order valence-electron chi connectivity index (χ4n) is 2.46. The van der Waals surface area contributed by atoms with E-state index >= 15 is 0 Å². The van der Waals surface area contributed by atoms with Gasteiger partial charge in [0.1, 0.15) is 0 Å². The second-order valence-electron chi connectivity index (χ2n) is 5.47. The number of thiocarbonyl (C=S) groups is 1. The summed E-state index contributed by atoms with van der Waals surface area (Å²) in [6, 6.07) is 18.9. The lowest BCUT2D eigenvalue weighted by Gasteiger charge is -2.10. The number of carbonyl (C=O) groups excluding carboxylic acids is 1. The van der Waals surface area contributed by atoms with Gasteiger partial charge in [0.05, 0.1) is 10.7 Å². The Bertz CT molecular complexity index is 1010. The molecule has 0 radical (unpaired) electrons. The van der Waals surface area contributed by atoms with Gasteiger partial charge in [0.25, 0.3) is 0 Å². The molecule has 0 aliphatic carbocycles. The first-order valence-electron chi connectivity index (χ1n) is 7.76. The lowest BCUT2D eigenvalue weighted by atomic mass is 10.0. The van der Waals surface area contributed by atoms with Crippen molar-refractivity contribution < 1.29 is 4.79 Å². The molecule has 0 aliphatic rings. The van der Waals surface area contributed by atoms with Crippen LogP contribution in [-0.2, 0) is 4.79 Å². The molecule has 130 valence electrons. The topological polar surface area (TPSA) is 41.1 Å². The summed E-state index contributed by atoms with van der Waals surface area (Å²) in [5, 5.41) is 8.75. The van der Waals surface area contributed by atoms with E-state index in [1.165, 1.54) is 6.08 Å². The van der Waals surface area contributed by atoms with E-state index in [9.17, 15) is 4.79 Å². The summed E-state index contributed by atoms with van der Waals surface area (Å²) in [7, 11) is 0. The fraction of sp³-hybridized carbons (Fsp3) is 0. The molecule has 0 atom stereocenters. The van der Waals surface area contributed by atoms with E-state index in [1.54, 1.807) is 24.3 Å². The summed E-state index contributed by atoms with van der Waals surface area (Å²) in [6.07, 6.45) is 3.20. The second kappa shape index (κ2) is 8.32. The second-order valence-corrected chi connectivity index (χ2v) is 6.72. The average molecular weight is 401 g/mol. The number of anilines is 1. The molecule has 26 heavy (non-hydrogen) atoms. The lowest BCUT2D eigenvalue weighted by molar-refractivity contribution is -0.115. The molecular formula is C20H14Cl2N2OS. The minimum Gasteiger partial charge on any atom is -0.331 e. The van der Waals surface area contributed by atoms with Crippen molar-refractivity contribution in [2.75, 3.05) is 5.32 Å². The minimum absolute atomic E-state index is 0.154.